The Labute approximate surface area is 142 Å². The number of benzene rings is 2. The van der Waals surface area contributed by atoms with E-state index in [1.807, 2.05) is 18.2 Å². The van der Waals surface area contributed by atoms with Crippen molar-refractivity contribution >= 4 is 22.6 Å². The van der Waals surface area contributed by atoms with Crippen LogP contribution in [0.4, 0.5) is 0 Å². The van der Waals surface area contributed by atoms with Crippen LogP contribution < -0.4 is 0 Å². The molecule has 0 aliphatic heterocycles. The van der Waals surface area contributed by atoms with Gasteiger partial charge in [0, 0.05) is 18.0 Å². The van der Waals surface area contributed by atoms with Gasteiger partial charge in [-0.1, -0.05) is 35.9 Å². The number of para-hydroxylation sites is 2. The van der Waals surface area contributed by atoms with E-state index in [4.69, 9.17) is 16.6 Å². The third-order valence-electron chi connectivity index (χ3n) is 4.00. The number of fused-ring (bicyclic) bond motifs is 1. The highest BCUT2D eigenvalue weighted by molar-refractivity contribution is 6.30. The second-order valence-corrected chi connectivity index (χ2v) is 6.56. The molecule has 1 aromatic heterocycles. The summed E-state index contributed by atoms with van der Waals surface area (Å²) < 4.78 is 2.35. The lowest BCUT2D eigenvalue weighted by atomic mass is 10.1. The molecule has 3 rings (SSSR count). The normalized spacial score (nSPS) is 11.5. The van der Waals surface area contributed by atoms with Crippen molar-refractivity contribution in [2.75, 3.05) is 20.6 Å². The van der Waals surface area contributed by atoms with E-state index in [0.717, 1.165) is 42.3 Å². The largest absolute Gasteiger partial charge is 0.328 e. The van der Waals surface area contributed by atoms with Gasteiger partial charge in [-0.2, -0.15) is 0 Å². The molecule has 3 aromatic rings. The van der Waals surface area contributed by atoms with E-state index in [2.05, 4.69) is 53.9 Å². The van der Waals surface area contributed by atoms with Gasteiger partial charge in [-0.3, -0.25) is 0 Å². The van der Waals surface area contributed by atoms with E-state index in [1.54, 1.807) is 0 Å². The lowest BCUT2D eigenvalue weighted by Crippen LogP contribution is -2.16. The second-order valence-electron chi connectivity index (χ2n) is 6.13. The zero-order valence-electron chi connectivity index (χ0n) is 13.7. The summed E-state index contributed by atoms with van der Waals surface area (Å²) in [4.78, 5) is 7.06. The number of imidazole rings is 1. The third kappa shape index (κ3) is 3.92. The Kier molecular flexibility index (Phi) is 4.99. The molecule has 2 aromatic carbocycles. The number of rotatable bonds is 6. The zero-order valence-corrected chi connectivity index (χ0v) is 14.4. The smallest absolute Gasteiger partial charge is 0.114 e. The number of nitrogens with zero attached hydrogens (tertiary/aromatic N) is 3. The van der Waals surface area contributed by atoms with Crippen LogP contribution in [0.15, 0.2) is 48.5 Å². The van der Waals surface area contributed by atoms with Gasteiger partial charge in [-0.05, 0) is 56.9 Å². The van der Waals surface area contributed by atoms with Crippen molar-refractivity contribution in [1.29, 1.82) is 0 Å². The first-order valence-corrected chi connectivity index (χ1v) is 8.34. The Morgan fingerprint density at radius 1 is 1.04 bits per heavy atom. The highest BCUT2D eigenvalue weighted by Gasteiger charge is 2.11. The van der Waals surface area contributed by atoms with Crippen LogP contribution in [0.2, 0.25) is 5.02 Å². The molecule has 1 heterocycles. The molecule has 0 aliphatic rings. The summed E-state index contributed by atoms with van der Waals surface area (Å²) in [7, 11) is 4.22. The number of halogens is 1. The van der Waals surface area contributed by atoms with Crippen LogP contribution in [0.3, 0.4) is 0 Å². The summed E-state index contributed by atoms with van der Waals surface area (Å²) in [6, 6.07) is 16.4. The summed E-state index contributed by atoms with van der Waals surface area (Å²) in [5, 5.41) is 0.772. The molecule has 0 aliphatic carbocycles. The standard InChI is InChI=1S/C19H22ClN3/c1-22(2)12-5-13-23-18-7-4-3-6-17(18)21-19(23)14-15-8-10-16(20)11-9-15/h3-4,6-11H,5,12-14H2,1-2H3. The second kappa shape index (κ2) is 7.16. The van der Waals surface area contributed by atoms with Crippen molar-refractivity contribution in [2.24, 2.45) is 0 Å². The lowest BCUT2D eigenvalue weighted by Gasteiger charge is -2.12. The van der Waals surface area contributed by atoms with Gasteiger partial charge >= 0.3 is 0 Å². The molecular weight excluding hydrogens is 306 g/mol. The Morgan fingerprint density at radius 2 is 1.78 bits per heavy atom. The average Bonchev–Trinajstić information content (AvgIpc) is 2.87. The summed E-state index contributed by atoms with van der Waals surface area (Å²) in [6.45, 7) is 2.06. The number of hydrogen-bond donors (Lipinski definition) is 0. The highest BCUT2D eigenvalue weighted by Crippen LogP contribution is 2.20. The Bertz CT molecular complexity index is 775. The highest BCUT2D eigenvalue weighted by atomic mass is 35.5. The fraction of sp³-hybridized carbons (Fsp3) is 0.316. The van der Waals surface area contributed by atoms with Crippen LogP contribution in [0.1, 0.15) is 17.8 Å². The van der Waals surface area contributed by atoms with Gasteiger partial charge in [-0.25, -0.2) is 4.98 Å². The predicted octanol–water partition coefficient (Wildman–Crippen LogP) is 4.23. The molecule has 0 atom stereocenters. The van der Waals surface area contributed by atoms with Crippen molar-refractivity contribution in [2.45, 2.75) is 19.4 Å². The maximum Gasteiger partial charge on any atom is 0.114 e. The summed E-state index contributed by atoms with van der Waals surface area (Å²) in [5.41, 5.74) is 3.52. The molecule has 0 amide bonds. The SMILES string of the molecule is CN(C)CCCn1c(Cc2ccc(Cl)cc2)nc2ccccc21. The van der Waals surface area contributed by atoms with Crippen LogP contribution in [-0.4, -0.2) is 35.1 Å². The van der Waals surface area contributed by atoms with Crippen LogP contribution in [0.25, 0.3) is 11.0 Å². The molecule has 0 saturated heterocycles. The van der Waals surface area contributed by atoms with Crippen LogP contribution in [0, 0.1) is 0 Å². The van der Waals surface area contributed by atoms with E-state index in [1.165, 1.54) is 11.1 Å². The molecule has 4 heteroatoms. The first-order chi connectivity index (χ1) is 11.1. The lowest BCUT2D eigenvalue weighted by molar-refractivity contribution is 0.386. The minimum atomic E-state index is 0.772. The van der Waals surface area contributed by atoms with E-state index < -0.39 is 0 Å². The molecule has 0 spiro atoms. The maximum absolute atomic E-state index is 5.98. The molecule has 0 unspecified atom stereocenters. The summed E-state index contributed by atoms with van der Waals surface area (Å²) in [6.07, 6.45) is 1.94. The van der Waals surface area contributed by atoms with Gasteiger partial charge in [0.1, 0.15) is 5.82 Å². The maximum atomic E-state index is 5.98. The van der Waals surface area contributed by atoms with Crippen molar-refractivity contribution < 1.29 is 0 Å². The Balaban J connectivity index is 1.89. The first kappa shape index (κ1) is 16.0. The fourth-order valence-electron chi connectivity index (χ4n) is 2.84. The summed E-state index contributed by atoms with van der Waals surface area (Å²) in [5.74, 6) is 1.12. The molecule has 0 radical (unpaired) electrons. The monoisotopic (exact) mass is 327 g/mol. The Hall–Kier alpha value is -1.84. The molecular formula is C19H22ClN3. The van der Waals surface area contributed by atoms with E-state index in [-0.39, 0.29) is 0 Å². The van der Waals surface area contributed by atoms with Crippen LogP contribution in [-0.2, 0) is 13.0 Å². The van der Waals surface area contributed by atoms with Crippen LogP contribution in [0.5, 0.6) is 0 Å². The molecule has 120 valence electrons. The minimum absolute atomic E-state index is 0.772. The zero-order chi connectivity index (χ0) is 16.2. The molecule has 23 heavy (non-hydrogen) atoms. The first-order valence-electron chi connectivity index (χ1n) is 7.97. The van der Waals surface area contributed by atoms with Crippen molar-refractivity contribution in [3.8, 4) is 0 Å². The average molecular weight is 328 g/mol. The summed E-state index contributed by atoms with van der Waals surface area (Å²) >= 11 is 5.98. The minimum Gasteiger partial charge on any atom is -0.328 e. The Morgan fingerprint density at radius 3 is 2.52 bits per heavy atom. The third-order valence-corrected chi connectivity index (χ3v) is 4.25. The quantitative estimate of drug-likeness (QED) is 0.675. The number of aromatic nitrogens is 2. The van der Waals surface area contributed by atoms with Crippen molar-refractivity contribution in [1.82, 2.24) is 14.5 Å². The molecule has 0 saturated carbocycles. The van der Waals surface area contributed by atoms with Gasteiger partial charge in [0.05, 0.1) is 11.0 Å². The number of aryl methyl sites for hydroxylation is 1. The molecule has 0 fully saturated rings. The van der Waals surface area contributed by atoms with Gasteiger partial charge in [0.2, 0.25) is 0 Å². The van der Waals surface area contributed by atoms with E-state index in [9.17, 15) is 0 Å². The van der Waals surface area contributed by atoms with Gasteiger partial charge < -0.3 is 9.47 Å². The topological polar surface area (TPSA) is 21.1 Å². The molecule has 3 nitrogen and oxygen atoms in total. The van der Waals surface area contributed by atoms with Crippen LogP contribution >= 0.6 is 11.6 Å². The fourth-order valence-corrected chi connectivity index (χ4v) is 2.97. The number of hydrogen-bond acceptors (Lipinski definition) is 2. The van der Waals surface area contributed by atoms with Gasteiger partial charge in [0.15, 0.2) is 0 Å². The van der Waals surface area contributed by atoms with Gasteiger partial charge in [0.25, 0.3) is 0 Å². The van der Waals surface area contributed by atoms with Crippen molar-refractivity contribution in [3.63, 3.8) is 0 Å². The van der Waals surface area contributed by atoms with Gasteiger partial charge in [-0.15, -0.1) is 0 Å². The molecule has 0 bridgehead atoms. The van der Waals surface area contributed by atoms with Crippen molar-refractivity contribution in [3.05, 3.63) is 64.9 Å². The molecule has 0 N–H and O–H groups in total. The van der Waals surface area contributed by atoms with E-state index >= 15 is 0 Å². The predicted molar refractivity (Wildman–Crippen MR) is 97.2 cm³/mol. The van der Waals surface area contributed by atoms with E-state index in [0.29, 0.717) is 0 Å².